The first kappa shape index (κ1) is 45.9. The molecule has 0 saturated carbocycles. The molecule has 26 heteroatoms. The van der Waals surface area contributed by atoms with Crippen molar-refractivity contribution in [1.29, 1.82) is 0 Å². The fraction of sp³-hybridized carbons (Fsp3) is 1.00. The van der Waals surface area contributed by atoms with Crippen LogP contribution in [0.15, 0.2) is 0 Å². The van der Waals surface area contributed by atoms with E-state index < -0.39 is 78.9 Å². The van der Waals surface area contributed by atoms with Gasteiger partial charge in [0.05, 0.1) is 6.61 Å². The molecule has 0 amide bonds. The zero-order valence-electron chi connectivity index (χ0n) is 17.7. The summed E-state index contributed by atoms with van der Waals surface area (Å²) in [5.41, 5.74) is 0. The van der Waals surface area contributed by atoms with Gasteiger partial charge < -0.3 is 9.47 Å². The zero-order chi connectivity index (χ0) is 22.8. The van der Waals surface area contributed by atoms with Crippen LogP contribution in [-0.4, -0.2) is 302 Å². The van der Waals surface area contributed by atoms with Crippen molar-refractivity contribution < 1.29 is 78.1 Å². The van der Waals surface area contributed by atoms with Gasteiger partial charge in [0.1, 0.15) is 18.3 Å². The van der Waals surface area contributed by atoms with E-state index in [-0.39, 0.29) is 206 Å². The van der Waals surface area contributed by atoms with Crippen LogP contribution in [0.2, 0.25) is 0 Å². The van der Waals surface area contributed by atoms with E-state index in [4.69, 9.17) is 22.9 Å². The quantitative estimate of drug-likeness (QED) is 0.125. The molecular weight excluding hydrogens is 657 g/mol. The van der Waals surface area contributed by atoms with Crippen molar-refractivity contribution in [1.82, 2.24) is 0 Å². The summed E-state index contributed by atoms with van der Waals surface area (Å²) >= 11 is 0. The zero-order valence-corrected chi connectivity index (χ0v) is 33.5. The molecule has 0 unspecified atom stereocenters. The SMILES string of the molecule is CO[C@H]1O[C@H](COS(=O)(=O)O)[C@@H](OS(=O)(=O)O)[C@H](OS(=O)(=O)O)[C@H]1OS(=O)(=O)O.[K].[K].[K].[K]. The Kier molecular flexibility index (Phi) is 26.7. The van der Waals surface area contributed by atoms with Crippen LogP contribution in [0.25, 0.3) is 0 Å². The first-order valence-electron chi connectivity index (χ1n) is 6.58. The number of methoxy groups -OCH3 is 1. The molecule has 0 spiro atoms. The van der Waals surface area contributed by atoms with E-state index in [1.165, 1.54) is 0 Å². The molecule has 0 aliphatic carbocycles. The van der Waals surface area contributed by atoms with Crippen molar-refractivity contribution in [2.75, 3.05) is 13.7 Å². The summed E-state index contributed by atoms with van der Waals surface area (Å²) in [6, 6.07) is 0. The number of ether oxygens (including phenoxy) is 2. The largest absolute Gasteiger partial charge is 0.397 e. The average Bonchev–Trinajstić information content (AvgIpc) is 2.44. The Bertz CT molecular complexity index is 994. The van der Waals surface area contributed by atoms with E-state index in [0.717, 1.165) is 7.11 Å². The third kappa shape index (κ3) is 20.5. The van der Waals surface area contributed by atoms with E-state index in [0.29, 0.717) is 0 Å². The van der Waals surface area contributed by atoms with Crippen LogP contribution in [0.1, 0.15) is 0 Å². The number of rotatable bonds is 10. The van der Waals surface area contributed by atoms with Gasteiger partial charge in [0, 0.05) is 213 Å². The van der Waals surface area contributed by atoms with Gasteiger partial charge in [-0.15, -0.1) is 0 Å². The molecule has 1 fully saturated rings. The molecule has 18 nitrogen and oxygen atoms in total. The summed E-state index contributed by atoms with van der Waals surface area (Å²) in [6.45, 7) is -1.33. The monoisotopic (exact) mass is 670 g/mol. The normalized spacial score (nSPS) is 26.0. The van der Waals surface area contributed by atoms with E-state index in [1.54, 1.807) is 0 Å². The van der Waals surface area contributed by atoms with Crippen LogP contribution in [0.5, 0.6) is 0 Å². The van der Waals surface area contributed by atoms with Gasteiger partial charge in [-0.1, -0.05) is 0 Å². The van der Waals surface area contributed by atoms with Crippen LogP contribution >= 0.6 is 0 Å². The summed E-state index contributed by atoms with van der Waals surface area (Å²) in [5.74, 6) is 0. The van der Waals surface area contributed by atoms with E-state index in [9.17, 15) is 33.7 Å². The molecule has 1 saturated heterocycles. The Morgan fingerprint density at radius 1 is 0.636 bits per heavy atom. The van der Waals surface area contributed by atoms with Crippen LogP contribution in [0, 0.1) is 0 Å². The number of hydrogen-bond acceptors (Lipinski definition) is 14. The summed E-state index contributed by atoms with van der Waals surface area (Å²) < 4.78 is 149. The molecule has 0 bridgehead atoms. The molecule has 5 atom stereocenters. The summed E-state index contributed by atoms with van der Waals surface area (Å²) in [6.07, 6.45) is -11.6. The van der Waals surface area contributed by atoms with Crippen LogP contribution in [0.3, 0.4) is 0 Å². The Morgan fingerprint density at radius 3 is 1.33 bits per heavy atom. The maximum atomic E-state index is 11.1. The van der Waals surface area contributed by atoms with Crippen LogP contribution in [-0.2, 0) is 67.8 Å². The molecule has 1 aliphatic heterocycles. The minimum absolute atomic E-state index is 0. The summed E-state index contributed by atoms with van der Waals surface area (Å²) in [7, 11) is -20.8. The van der Waals surface area contributed by atoms with Gasteiger partial charge in [-0.05, 0) is 0 Å². The summed E-state index contributed by atoms with van der Waals surface area (Å²) in [4.78, 5) is 0. The van der Waals surface area contributed by atoms with Crippen LogP contribution in [0.4, 0.5) is 0 Å². The van der Waals surface area contributed by atoms with Gasteiger partial charge in [-0.2, -0.15) is 33.7 Å². The van der Waals surface area contributed by atoms with Crippen molar-refractivity contribution in [3.8, 4) is 0 Å². The molecule has 0 aromatic heterocycles. The maximum absolute atomic E-state index is 11.1. The second-order valence-corrected chi connectivity index (χ2v) is 9.19. The smallest absolute Gasteiger partial charge is 0.353 e. The molecule has 178 valence electrons. The van der Waals surface area contributed by atoms with Gasteiger partial charge in [-0.25, -0.2) is 16.7 Å². The first-order valence-corrected chi connectivity index (χ1v) is 12.0. The number of hydrogen-bond donors (Lipinski definition) is 4. The second kappa shape index (κ2) is 19.2. The molecular formula is C7H14K4O18S4. The van der Waals surface area contributed by atoms with Crippen molar-refractivity contribution in [2.24, 2.45) is 0 Å². The van der Waals surface area contributed by atoms with Crippen LogP contribution < -0.4 is 0 Å². The Balaban J connectivity index is -0.00000105. The third-order valence-corrected chi connectivity index (χ3v) is 4.73. The van der Waals surface area contributed by atoms with E-state index in [2.05, 4.69) is 21.5 Å². The minimum atomic E-state index is -5.53. The Hall–Kier alpha value is 5.95. The molecule has 33 heavy (non-hydrogen) atoms. The second-order valence-electron chi connectivity index (χ2n) is 4.96. The fourth-order valence-electron chi connectivity index (χ4n) is 2.10. The standard InChI is InChI=1S/C7H14O18S4.4K/c1-20-7-6(25-29(17,18)19)5(24-28(14,15)16)4(23-27(11,12)13)3(22-7)2-21-26(8,9)10;;;;/h3-7H,2H2,1H3,(H,8,9,10)(H,11,12,13)(H,14,15,16)(H,17,18,19);;;;/t3-,4-,5+,6-,7+;;;;/m1..../s1. The Morgan fingerprint density at radius 2 is 1.00 bits per heavy atom. The third-order valence-electron chi connectivity index (χ3n) is 2.90. The molecule has 1 rings (SSSR count). The first-order chi connectivity index (χ1) is 12.8. The molecule has 1 aliphatic rings. The van der Waals surface area contributed by atoms with Crippen molar-refractivity contribution in [3.63, 3.8) is 0 Å². The van der Waals surface area contributed by atoms with Gasteiger partial charge in [-0.3, -0.25) is 18.2 Å². The van der Waals surface area contributed by atoms with Gasteiger partial charge in [0.25, 0.3) is 0 Å². The van der Waals surface area contributed by atoms with Gasteiger partial charge >= 0.3 is 41.6 Å². The van der Waals surface area contributed by atoms with E-state index in [1.807, 2.05) is 0 Å². The molecule has 4 N–H and O–H groups in total. The van der Waals surface area contributed by atoms with Crippen molar-refractivity contribution in [3.05, 3.63) is 0 Å². The Labute approximate surface area is 360 Å². The van der Waals surface area contributed by atoms with Gasteiger partial charge in [0.2, 0.25) is 0 Å². The molecule has 0 aromatic rings. The predicted octanol–water partition coefficient (Wildman–Crippen LogP) is -4.78. The molecule has 4 radical (unpaired) electrons. The maximum Gasteiger partial charge on any atom is 0.397 e. The average molecular weight is 671 g/mol. The van der Waals surface area contributed by atoms with Gasteiger partial charge in [0.15, 0.2) is 12.4 Å². The molecule has 1 heterocycles. The topological polar surface area (TPSA) is 273 Å². The van der Waals surface area contributed by atoms with Crippen molar-refractivity contribution in [2.45, 2.75) is 30.7 Å². The fourth-order valence-corrected chi connectivity index (χ4v) is 3.91. The van der Waals surface area contributed by atoms with Crippen molar-refractivity contribution >= 4 is 247 Å². The predicted molar refractivity (Wildman–Crippen MR) is 105 cm³/mol. The minimum Gasteiger partial charge on any atom is -0.353 e. The van der Waals surface area contributed by atoms with E-state index >= 15 is 0 Å². The molecule has 0 aromatic carbocycles. The summed E-state index contributed by atoms with van der Waals surface area (Å²) in [5, 5.41) is 0.